The number of hydrogen-bond donors (Lipinski definition) is 0. The molecule has 0 fully saturated rings. The minimum Gasteiger partial charge on any atom is -0.550 e. The van der Waals surface area contributed by atoms with Gasteiger partial charge in [0.05, 0.1) is 0 Å². The number of rotatable bonds is 1. The molecule has 0 aliphatic heterocycles. The van der Waals surface area contributed by atoms with E-state index in [9.17, 15) is 4.79 Å². The number of nitrogens with zero attached hydrogens (tertiary/aromatic N) is 1. The SMILES string of the molecule is CC(=O)[O-].CC(=O)[O-].CN(C)C=O.[Zn+2]. The fraction of sp³-hybridized carbons (Fsp3) is 0.571. The van der Waals surface area contributed by atoms with Gasteiger partial charge in [-0.2, -0.15) is 0 Å². The second kappa shape index (κ2) is 18.0. The van der Waals surface area contributed by atoms with Gasteiger partial charge in [-0.25, -0.2) is 0 Å². The maximum atomic E-state index is 9.43. The first kappa shape index (κ1) is 23.1. The molecule has 0 aromatic heterocycles. The van der Waals surface area contributed by atoms with Crippen molar-refractivity contribution >= 4 is 18.3 Å². The normalized spacial score (nSPS) is 6.00. The smallest absolute Gasteiger partial charge is 0.550 e. The van der Waals surface area contributed by atoms with Crippen LogP contribution in [0.1, 0.15) is 13.8 Å². The van der Waals surface area contributed by atoms with Gasteiger partial charge in [0.2, 0.25) is 6.41 Å². The van der Waals surface area contributed by atoms with Crippen molar-refractivity contribution in [2.24, 2.45) is 0 Å². The Morgan fingerprint density at radius 3 is 1.14 bits per heavy atom. The summed E-state index contributed by atoms with van der Waals surface area (Å²) in [5.74, 6) is -2.17. The number of carboxylic acid groups (broad SMARTS) is 2. The van der Waals surface area contributed by atoms with Crippen LogP contribution in [0.5, 0.6) is 0 Å². The fourth-order valence-corrected chi connectivity index (χ4v) is 0. The van der Waals surface area contributed by atoms with Gasteiger partial charge in [-0.1, -0.05) is 0 Å². The molecule has 0 aromatic rings. The van der Waals surface area contributed by atoms with Crippen molar-refractivity contribution in [3.63, 3.8) is 0 Å². The first-order valence-electron chi connectivity index (χ1n) is 3.20. The summed E-state index contributed by atoms with van der Waals surface area (Å²) in [6.45, 7) is 1.94. The Hall–Kier alpha value is -0.967. The molecule has 6 nitrogen and oxygen atoms in total. The monoisotopic (exact) mass is 255 g/mol. The molecule has 78 valence electrons. The summed E-state index contributed by atoms with van der Waals surface area (Å²) >= 11 is 0. The quantitative estimate of drug-likeness (QED) is 0.373. The molecule has 7 heteroatoms. The number of carbonyl (C=O) groups is 3. The first-order chi connectivity index (χ1) is 5.73. The van der Waals surface area contributed by atoms with Gasteiger partial charge in [-0.05, 0) is 13.8 Å². The van der Waals surface area contributed by atoms with E-state index in [1.165, 1.54) is 4.90 Å². The van der Waals surface area contributed by atoms with Crippen molar-refractivity contribution in [3.05, 3.63) is 0 Å². The fourth-order valence-electron chi connectivity index (χ4n) is 0. The summed E-state index contributed by atoms with van der Waals surface area (Å²) in [5, 5.41) is 17.8. The zero-order chi connectivity index (χ0) is 11.4. The Bertz CT molecular complexity index is 140. The minimum atomic E-state index is -1.08. The third kappa shape index (κ3) is 1040. The molecule has 0 rings (SSSR count). The molecule has 14 heavy (non-hydrogen) atoms. The molecule has 0 spiro atoms. The predicted octanol–water partition coefficient (Wildman–Crippen LogP) is -2.79. The number of hydrogen-bond acceptors (Lipinski definition) is 5. The molecule has 0 bridgehead atoms. The van der Waals surface area contributed by atoms with E-state index in [0.29, 0.717) is 0 Å². The Labute approximate surface area is 95.7 Å². The van der Waals surface area contributed by atoms with E-state index >= 15 is 0 Å². The number of carboxylic acids is 2. The number of carbonyl (C=O) groups excluding carboxylic acids is 3. The Balaban J connectivity index is -0.0000000522. The molecule has 0 aliphatic carbocycles. The number of aliphatic carboxylic acids is 2. The van der Waals surface area contributed by atoms with Gasteiger partial charge in [-0.3, -0.25) is 4.79 Å². The average Bonchev–Trinajstić information content (AvgIpc) is 1.84. The van der Waals surface area contributed by atoms with Gasteiger partial charge in [0, 0.05) is 26.0 Å². The van der Waals surface area contributed by atoms with Crippen molar-refractivity contribution < 1.29 is 44.1 Å². The minimum absolute atomic E-state index is 0. The van der Waals surface area contributed by atoms with Crippen LogP contribution in [-0.4, -0.2) is 37.3 Å². The third-order valence-electron chi connectivity index (χ3n) is 0.211. The van der Waals surface area contributed by atoms with Crippen molar-refractivity contribution in [1.29, 1.82) is 0 Å². The second-order valence-electron chi connectivity index (χ2n) is 2.05. The standard InChI is InChI=1S/C3H7NO.2C2H4O2.Zn/c1-4(2)3-5;2*1-2(3)4;/h3H,1-2H3;2*1H3,(H,3,4);/q;;;+2/p-2. The zero-order valence-electron chi connectivity index (χ0n) is 8.77. The molecule has 0 N–H and O–H groups in total. The summed E-state index contributed by atoms with van der Waals surface area (Å²) < 4.78 is 0. The molecule has 0 unspecified atom stereocenters. The van der Waals surface area contributed by atoms with Crippen molar-refractivity contribution in [2.45, 2.75) is 13.8 Å². The largest absolute Gasteiger partial charge is 2.00 e. The Morgan fingerprint density at radius 2 is 1.14 bits per heavy atom. The molecule has 0 heterocycles. The third-order valence-corrected chi connectivity index (χ3v) is 0.211. The first-order valence-corrected chi connectivity index (χ1v) is 3.20. The van der Waals surface area contributed by atoms with E-state index in [0.717, 1.165) is 20.3 Å². The maximum Gasteiger partial charge on any atom is 2.00 e. The van der Waals surface area contributed by atoms with Crippen LogP contribution >= 0.6 is 0 Å². The van der Waals surface area contributed by atoms with Crippen LogP contribution in [0.3, 0.4) is 0 Å². The molecule has 0 saturated carbocycles. The zero-order valence-corrected chi connectivity index (χ0v) is 11.7. The summed E-state index contributed by atoms with van der Waals surface area (Å²) in [7, 11) is 3.38. The molecule has 0 aromatic carbocycles. The Kier molecular flexibility index (Phi) is 29.7. The van der Waals surface area contributed by atoms with Gasteiger partial charge in [0.15, 0.2) is 0 Å². The predicted molar refractivity (Wildman–Crippen MR) is 41.1 cm³/mol. The molecule has 0 radical (unpaired) electrons. The van der Waals surface area contributed by atoms with E-state index in [-0.39, 0.29) is 19.5 Å². The van der Waals surface area contributed by atoms with Gasteiger partial charge >= 0.3 is 19.5 Å². The molecule has 0 saturated heterocycles. The van der Waals surface area contributed by atoms with E-state index < -0.39 is 11.9 Å². The topological polar surface area (TPSA) is 101 Å². The van der Waals surface area contributed by atoms with Gasteiger partial charge in [0.1, 0.15) is 0 Å². The van der Waals surface area contributed by atoms with Crippen molar-refractivity contribution in [2.75, 3.05) is 14.1 Å². The summed E-state index contributed by atoms with van der Waals surface area (Å²) in [6, 6.07) is 0. The molecule has 1 amide bonds. The van der Waals surface area contributed by atoms with Crippen molar-refractivity contribution in [1.82, 2.24) is 4.90 Å². The summed E-state index contributed by atoms with van der Waals surface area (Å²) in [6.07, 6.45) is 0.750. The molecular formula is C7H13NO5Zn. The van der Waals surface area contributed by atoms with Crippen LogP contribution in [0.25, 0.3) is 0 Å². The Morgan fingerprint density at radius 1 is 1.07 bits per heavy atom. The van der Waals surface area contributed by atoms with Gasteiger partial charge in [0.25, 0.3) is 0 Å². The van der Waals surface area contributed by atoms with Crippen LogP contribution in [0.4, 0.5) is 0 Å². The molecule has 0 atom stereocenters. The van der Waals surface area contributed by atoms with Crippen LogP contribution in [-0.2, 0) is 33.9 Å². The average molecular weight is 257 g/mol. The van der Waals surface area contributed by atoms with Crippen molar-refractivity contribution in [3.8, 4) is 0 Å². The van der Waals surface area contributed by atoms with Crippen LogP contribution in [0.2, 0.25) is 0 Å². The van der Waals surface area contributed by atoms with E-state index in [4.69, 9.17) is 19.8 Å². The van der Waals surface area contributed by atoms with E-state index in [1.54, 1.807) is 14.1 Å². The van der Waals surface area contributed by atoms with E-state index in [1.807, 2.05) is 0 Å². The number of amides is 1. The van der Waals surface area contributed by atoms with Crippen LogP contribution in [0.15, 0.2) is 0 Å². The summed E-state index contributed by atoms with van der Waals surface area (Å²) in [5.41, 5.74) is 0. The van der Waals surface area contributed by atoms with Crippen LogP contribution in [0, 0.1) is 0 Å². The molecular weight excluding hydrogens is 243 g/mol. The molecule has 0 aliphatic rings. The maximum absolute atomic E-state index is 9.43. The van der Waals surface area contributed by atoms with Gasteiger partial charge in [-0.15, -0.1) is 0 Å². The summed E-state index contributed by atoms with van der Waals surface area (Å²) in [4.78, 5) is 28.7. The van der Waals surface area contributed by atoms with Gasteiger partial charge < -0.3 is 24.7 Å². The van der Waals surface area contributed by atoms with E-state index in [2.05, 4.69) is 0 Å². The van der Waals surface area contributed by atoms with Crippen LogP contribution < -0.4 is 10.2 Å². The second-order valence-corrected chi connectivity index (χ2v) is 2.05.